The summed E-state index contributed by atoms with van der Waals surface area (Å²) in [6.45, 7) is 2.14. The van der Waals surface area contributed by atoms with Gasteiger partial charge in [-0.15, -0.1) is 10.2 Å². The summed E-state index contributed by atoms with van der Waals surface area (Å²) in [7, 11) is 4.79. The van der Waals surface area contributed by atoms with Crippen LogP contribution in [-0.2, 0) is 11.3 Å². The van der Waals surface area contributed by atoms with Crippen molar-refractivity contribution in [3.63, 3.8) is 0 Å². The van der Waals surface area contributed by atoms with Gasteiger partial charge in [0.2, 0.25) is 0 Å². The number of hydrogen-bond acceptors (Lipinski definition) is 9. The predicted molar refractivity (Wildman–Crippen MR) is 188 cm³/mol. The Morgan fingerprint density at radius 3 is 2.37 bits per heavy atom. The molecule has 0 saturated carbocycles. The summed E-state index contributed by atoms with van der Waals surface area (Å²) in [5, 5.41) is 18.7. The van der Waals surface area contributed by atoms with Gasteiger partial charge in [0.05, 0.1) is 45.4 Å². The van der Waals surface area contributed by atoms with E-state index in [0.717, 1.165) is 33.8 Å². The second-order valence-electron chi connectivity index (χ2n) is 11.2. The maximum Gasteiger partial charge on any atom is 0.253 e. The highest BCUT2D eigenvalue weighted by Gasteiger charge is 2.36. The summed E-state index contributed by atoms with van der Waals surface area (Å²) in [6.07, 6.45) is 0.469. The average Bonchev–Trinajstić information content (AvgIpc) is 3.78. The van der Waals surface area contributed by atoms with Crippen LogP contribution < -0.4 is 19.5 Å². The Morgan fingerprint density at radius 1 is 0.878 bits per heavy atom. The Balaban J connectivity index is 1.28. The van der Waals surface area contributed by atoms with E-state index < -0.39 is 6.04 Å². The number of carbonyl (C=O) groups is 2. The van der Waals surface area contributed by atoms with Crippen LogP contribution >= 0.6 is 11.8 Å². The van der Waals surface area contributed by atoms with Crippen molar-refractivity contribution >= 4 is 29.3 Å². The molecule has 250 valence electrons. The normalized spacial score (nSPS) is 13.9. The number of hydrazone groups is 1. The molecular weight excluding hydrogens is 641 g/mol. The number of para-hydroxylation sites is 1. The fourth-order valence-electron chi connectivity index (χ4n) is 5.69. The standard InChI is InChI=1S/C37H36N6O5S/c1-24-10-8-13-27(20-24)42-33(22-38-36(45)26-11-6-5-7-12-26)39-40-37(42)49-23-34(44)43-31(29-14-9-15-32(47-3)35(29)48-4)21-30(41-43)25-16-18-28(46-2)19-17-25/h5-20,31H,21-23H2,1-4H3,(H,38,45)/t31-/m0/s1. The van der Waals surface area contributed by atoms with Crippen LogP contribution in [0.4, 0.5) is 0 Å². The van der Waals surface area contributed by atoms with Gasteiger partial charge >= 0.3 is 0 Å². The lowest BCUT2D eigenvalue weighted by atomic mass is 9.97. The predicted octanol–water partition coefficient (Wildman–Crippen LogP) is 6.00. The first-order valence-electron chi connectivity index (χ1n) is 15.6. The van der Waals surface area contributed by atoms with E-state index in [2.05, 4.69) is 15.5 Å². The molecule has 1 N–H and O–H groups in total. The van der Waals surface area contributed by atoms with E-state index >= 15 is 0 Å². The van der Waals surface area contributed by atoms with E-state index in [9.17, 15) is 9.59 Å². The van der Waals surface area contributed by atoms with Gasteiger partial charge < -0.3 is 19.5 Å². The van der Waals surface area contributed by atoms with Crippen LogP contribution in [0.15, 0.2) is 107 Å². The van der Waals surface area contributed by atoms with Gasteiger partial charge in [0.25, 0.3) is 11.8 Å². The molecule has 4 aromatic carbocycles. The van der Waals surface area contributed by atoms with Crippen LogP contribution in [-0.4, -0.2) is 64.4 Å². The fraction of sp³-hybridized carbons (Fsp3) is 0.216. The molecule has 49 heavy (non-hydrogen) atoms. The first kappa shape index (κ1) is 33.3. The summed E-state index contributed by atoms with van der Waals surface area (Å²) in [6, 6.07) is 29.7. The third-order valence-electron chi connectivity index (χ3n) is 8.11. The Bertz CT molecular complexity index is 1980. The molecule has 0 aliphatic carbocycles. The van der Waals surface area contributed by atoms with Crippen molar-refractivity contribution in [1.29, 1.82) is 0 Å². The molecular formula is C37H36N6O5S. The molecule has 5 aromatic rings. The first-order valence-corrected chi connectivity index (χ1v) is 16.6. The van der Waals surface area contributed by atoms with Gasteiger partial charge in [-0.3, -0.25) is 14.2 Å². The molecule has 0 unspecified atom stereocenters. The lowest BCUT2D eigenvalue weighted by Crippen LogP contribution is -2.29. The van der Waals surface area contributed by atoms with E-state index in [4.69, 9.17) is 19.3 Å². The van der Waals surface area contributed by atoms with Crippen LogP contribution in [0.1, 0.15) is 45.3 Å². The largest absolute Gasteiger partial charge is 0.497 e. The van der Waals surface area contributed by atoms with E-state index in [1.54, 1.807) is 33.5 Å². The van der Waals surface area contributed by atoms with Crippen LogP contribution in [0.3, 0.4) is 0 Å². The van der Waals surface area contributed by atoms with Crippen molar-refractivity contribution in [1.82, 2.24) is 25.1 Å². The maximum atomic E-state index is 14.1. The monoisotopic (exact) mass is 676 g/mol. The number of methoxy groups -OCH3 is 3. The van der Waals surface area contributed by atoms with E-state index in [-0.39, 0.29) is 24.1 Å². The minimum atomic E-state index is -0.436. The third kappa shape index (κ3) is 7.29. The van der Waals surface area contributed by atoms with Crippen molar-refractivity contribution < 1.29 is 23.8 Å². The lowest BCUT2D eigenvalue weighted by Gasteiger charge is -2.24. The number of benzene rings is 4. The zero-order valence-corrected chi connectivity index (χ0v) is 28.4. The zero-order chi connectivity index (χ0) is 34.3. The Kier molecular flexibility index (Phi) is 10.2. The Hall–Kier alpha value is -5.62. The molecule has 0 fully saturated rings. The van der Waals surface area contributed by atoms with Crippen LogP contribution in [0.25, 0.3) is 5.69 Å². The number of hydrogen-bond donors (Lipinski definition) is 1. The zero-order valence-electron chi connectivity index (χ0n) is 27.6. The summed E-state index contributed by atoms with van der Waals surface area (Å²) in [4.78, 5) is 26.9. The van der Waals surface area contributed by atoms with Gasteiger partial charge in [-0.05, 0) is 72.6 Å². The highest BCUT2D eigenvalue weighted by molar-refractivity contribution is 7.99. The molecule has 0 bridgehead atoms. The van der Waals surface area contributed by atoms with Gasteiger partial charge in [-0.2, -0.15) is 5.10 Å². The molecule has 0 saturated heterocycles. The van der Waals surface area contributed by atoms with Crippen molar-refractivity contribution in [2.75, 3.05) is 27.1 Å². The third-order valence-corrected chi connectivity index (χ3v) is 9.02. The van der Waals surface area contributed by atoms with Crippen molar-refractivity contribution in [2.24, 2.45) is 5.10 Å². The summed E-state index contributed by atoms with van der Waals surface area (Å²) in [5.74, 6) is 1.97. The summed E-state index contributed by atoms with van der Waals surface area (Å²) < 4.78 is 18.5. The van der Waals surface area contributed by atoms with Crippen molar-refractivity contribution in [3.05, 3.63) is 125 Å². The number of ether oxygens (including phenoxy) is 3. The fourth-order valence-corrected chi connectivity index (χ4v) is 6.52. The Labute approximate surface area is 288 Å². The minimum absolute atomic E-state index is 0.0303. The highest BCUT2D eigenvalue weighted by atomic mass is 32.2. The average molecular weight is 677 g/mol. The van der Waals surface area contributed by atoms with Gasteiger partial charge in [-0.1, -0.05) is 54.2 Å². The number of aryl methyl sites for hydroxylation is 1. The number of nitrogens with one attached hydrogen (secondary N) is 1. The number of thioether (sulfide) groups is 1. The molecule has 6 rings (SSSR count). The Morgan fingerprint density at radius 2 is 1.65 bits per heavy atom. The molecule has 0 radical (unpaired) electrons. The molecule has 1 aliphatic rings. The van der Waals surface area contributed by atoms with Crippen molar-refractivity contribution in [3.8, 4) is 22.9 Å². The molecule has 1 atom stereocenters. The van der Waals surface area contributed by atoms with Crippen LogP contribution in [0.2, 0.25) is 0 Å². The van der Waals surface area contributed by atoms with E-state index in [1.165, 1.54) is 16.8 Å². The smallest absolute Gasteiger partial charge is 0.253 e. The van der Waals surface area contributed by atoms with Gasteiger partial charge in [0.15, 0.2) is 22.5 Å². The van der Waals surface area contributed by atoms with Crippen molar-refractivity contribution in [2.45, 2.75) is 31.1 Å². The minimum Gasteiger partial charge on any atom is -0.497 e. The maximum absolute atomic E-state index is 14.1. The topological polar surface area (TPSA) is 120 Å². The lowest BCUT2D eigenvalue weighted by molar-refractivity contribution is -0.130. The SMILES string of the molecule is COc1ccc(C2=NN(C(=O)CSc3nnc(CNC(=O)c4ccccc4)n3-c3cccc(C)c3)[C@H](c3cccc(OC)c3OC)C2)cc1. The quantitative estimate of drug-likeness (QED) is 0.160. The molecule has 2 heterocycles. The molecule has 12 heteroatoms. The van der Waals surface area contributed by atoms with Gasteiger partial charge in [0, 0.05) is 23.2 Å². The summed E-state index contributed by atoms with van der Waals surface area (Å²) in [5.41, 5.74) is 4.85. The highest BCUT2D eigenvalue weighted by Crippen LogP contribution is 2.42. The second kappa shape index (κ2) is 15.1. The number of aromatic nitrogens is 3. The summed E-state index contributed by atoms with van der Waals surface area (Å²) >= 11 is 1.25. The number of carbonyl (C=O) groups excluding carboxylic acids is 2. The number of nitrogens with zero attached hydrogens (tertiary/aromatic N) is 5. The number of rotatable bonds is 12. The van der Waals surface area contributed by atoms with Gasteiger partial charge in [-0.25, -0.2) is 5.01 Å². The molecule has 2 amide bonds. The van der Waals surface area contributed by atoms with Crippen LogP contribution in [0, 0.1) is 6.92 Å². The first-order chi connectivity index (χ1) is 23.9. The van der Waals surface area contributed by atoms with Crippen LogP contribution in [0.5, 0.6) is 17.2 Å². The van der Waals surface area contributed by atoms with E-state index in [1.807, 2.05) is 96.4 Å². The van der Waals surface area contributed by atoms with E-state index in [0.29, 0.717) is 34.5 Å². The second-order valence-corrected chi connectivity index (χ2v) is 12.2. The van der Waals surface area contributed by atoms with Gasteiger partial charge in [0.1, 0.15) is 5.75 Å². The number of amides is 2. The molecule has 0 spiro atoms. The molecule has 1 aromatic heterocycles. The molecule has 11 nitrogen and oxygen atoms in total. The molecule has 1 aliphatic heterocycles.